The van der Waals surface area contributed by atoms with Crippen molar-refractivity contribution in [3.05, 3.63) is 0 Å². The van der Waals surface area contributed by atoms with Gasteiger partial charge in [0.2, 0.25) is 0 Å². The van der Waals surface area contributed by atoms with E-state index in [0.717, 1.165) is 13.0 Å². The first-order chi connectivity index (χ1) is 6.72. The fraction of sp³-hybridized carbons (Fsp3) is 1.00. The highest BCUT2D eigenvalue weighted by molar-refractivity contribution is 6.74. The molecule has 15 heavy (non-hydrogen) atoms. The van der Waals surface area contributed by atoms with Crippen molar-refractivity contribution >= 4 is 8.32 Å². The molecule has 1 rings (SSSR count). The number of hydrogen-bond donors (Lipinski definition) is 1. The van der Waals surface area contributed by atoms with Gasteiger partial charge in [-0.3, -0.25) is 0 Å². The van der Waals surface area contributed by atoms with Gasteiger partial charge in [-0.1, -0.05) is 20.8 Å². The molecule has 1 unspecified atom stereocenters. The lowest BCUT2D eigenvalue weighted by atomic mass is 10.1. The maximum Gasteiger partial charge on any atom is 0.193 e. The van der Waals surface area contributed by atoms with Crippen LogP contribution in [-0.2, 0) is 9.16 Å². The van der Waals surface area contributed by atoms with Gasteiger partial charge in [0.1, 0.15) is 0 Å². The summed E-state index contributed by atoms with van der Waals surface area (Å²) in [5.41, 5.74) is 5.63. The van der Waals surface area contributed by atoms with Crippen molar-refractivity contribution in [2.24, 2.45) is 5.73 Å². The molecule has 1 atom stereocenters. The summed E-state index contributed by atoms with van der Waals surface area (Å²) >= 11 is 0. The second-order valence-electron chi connectivity index (χ2n) is 6.05. The van der Waals surface area contributed by atoms with Crippen molar-refractivity contribution in [1.29, 1.82) is 0 Å². The van der Waals surface area contributed by atoms with Gasteiger partial charge in [-0.25, -0.2) is 0 Å². The fourth-order valence-corrected chi connectivity index (χ4v) is 3.20. The predicted octanol–water partition coefficient (Wildman–Crippen LogP) is 2.13. The average molecular weight is 231 g/mol. The van der Waals surface area contributed by atoms with E-state index < -0.39 is 8.32 Å². The molecule has 1 saturated heterocycles. The molecule has 0 aromatic carbocycles. The Labute approximate surface area is 94.5 Å². The van der Waals surface area contributed by atoms with Gasteiger partial charge >= 0.3 is 0 Å². The molecular formula is C11H25NO2Si. The Hall–Kier alpha value is 0.0969. The molecule has 1 fully saturated rings. The molecule has 0 saturated carbocycles. The van der Waals surface area contributed by atoms with Crippen molar-refractivity contribution in [2.45, 2.75) is 50.9 Å². The van der Waals surface area contributed by atoms with Gasteiger partial charge in [0.25, 0.3) is 0 Å². The Balaban J connectivity index is 2.74. The average Bonchev–Trinajstić information content (AvgIpc) is 2.51. The largest absolute Gasteiger partial charge is 0.408 e. The van der Waals surface area contributed by atoms with Crippen LogP contribution in [0.5, 0.6) is 0 Å². The van der Waals surface area contributed by atoms with Gasteiger partial charge < -0.3 is 14.9 Å². The molecule has 1 aliphatic rings. The standard InChI is InChI=1S/C11H25NO2Si/c1-10(2,3)15(4,5)14-11(8-12)6-7-13-9-11/h6-9,12H2,1-5H3. The highest BCUT2D eigenvalue weighted by atomic mass is 28.4. The lowest BCUT2D eigenvalue weighted by Crippen LogP contribution is -2.53. The topological polar surface area (TPSA) is 44.5 Å². The Kier molecular flexibility index (Phi) is 3.65. The summed E-state index contributed by atoms with van der Waals surface area (Å²) in [6.45, 7) is 13.3. The first-order valence-corrected chi connectivity index (χ1v) is 8.61. The lowest BCUT2D eigenvalue weighted by molar-refractivity contribution is 0.0450. The lowest BCUT2D eigenvalue weighted by Gasteiger charge is -2.43. The maximum atomic E-state index is 6.39. The molecule has 90 valence electrons. The minimum Gasteiger partial charge on any atom is -0.408 e. The summed E-state index contributed by atoms with van der Waals surface area (Å²) in [4.78, 5) is 0. The third kappa shape index (κ3) is 2.81. The molecule has 3 nitrogen and oxygen atoms in total. The Bertz CT molecular complexity index is 217. The highest BCUT2D eigenvalue weighted by Crippen LogP contribution is 2.40. The zero-order valence-electron chi connectivity index (χ0n) is 10.7. The van der Waals surface area contributed by atoms with Gasteiger partial charge in [-0.2, -0.15) is 0 Å². The number of hydrogen-bond acceptors (Lipinski definition) is 3. The van der Waals surface area contributed by atoms with Crippen molar-refractivity contribution in [3.63, 3.8) is 0 Å². The number of rotatable bonds is 3. The third-order valence-electron chi connectivity index (χ3n) is 3.72. The van der Waals surface area contributed by atoms with Crippen LogP contribution in [0.25, 0.3) is 0 Å². The second kappa shape index (κ2) is 4.16. The molecule has 0 spiro atoms. The molecule has 0 bridgehead atoms. The van der Waals surface area contributed by atoms with E-state index >= 15 is 0 Å². The molecule has 0 radical (unpaired) electrons. The molecule has 2 N–H and O–H groups in total. The van der Waals surface area contributed by atoms with E-state index in [1.54, 1.807) is 0 Å². The molecule has 0 aromatic heterocycles. The summed E-state index contributed by atoms with van der Waals surface area (Å²) in [5.74, 6) is 0. The van der Waals surface area contributed by atoms with Crippen LogP contribution >= 0.6 is 0 Å². The van der Waals surface area contributed by atoms with Crippen LogP contribution in [0.3, 0.4) is 0 Å². The van der Waals surface area contributed by atoms with Crippen molar-refractivity contribution in [2.75, 3.05) is 19.8 Å². The normalized spacial score (nSPS) is 28.4. The molecule has 1 aliphatic heterocycles. The van der Waals surface area contributed by atoms with E-state index in [2.05, 4.69) is 33.9 Å². The van der Waals surface area contributed by atoms with Crippen molar-refractivity contribution in [1.82, 2.24) is 0 Å². The fourth-order valence-electron chi connectivity index (χ4n) is 1.57. The van der Waals surface area contributed by atoms with E-state index in [9.17, 15) is 0 Å². The van der Waals surface area contributed by atoms with Gasteiger partial charge in [-0.15, -0.1) is 0 Å². The minimum atomic E-state index is -1.72. The van der Waals surface area contributed by atoms with E-state index in [1.807, 2.05) is 0 Å². The number of nitrogens with two attached hydrogens (primary N) is 1. The van der Waals surface area contributed by atoms with Gasteiger partial charge in [0.05, 0.1) is 12.2 Å². The zero-order valence-corrected chi connectivity index (χ0v) is 11.7. The summed E-state index contributed by atoms with van der Waals surface area (Å²) in [6.07, 6.45) is 0.940. The third-order valence-corrected chi connectivity index (χ3v) is 8.27. The van der Waals surface area contributed by atoms with E-state index in [4.69, 9.17) is 14.9 Å². The summed E-state index contributed by atoms with van der Waals surface area (Å²) in [6, 6.07) is 0. The van der Waals surface area contributed by atoms with E-state index in [-0.39, 0.29) is 10.6 Å². The molecule has 1 heterocycles. The first kappa shape index (κ1) is 13.2. The molecule has 0 aliphatic carbocycles. The quantitative estimate of drug-likeness (QED) is 0.757. The summed E-state index contributed by atoms with van der Waals surface area (Å²) in [7, 11) is -1.72. The SMILES string of the molecule is CC(C)(C)[Si](C)(C)OC1(CN)CCOC1. The van der Waals surface area contributed by atoms with Crippen LogP contribution in [-0.4, -0.2) is 33.7 Å². The highest BCUT2D eigenvalue weighted by Gasteiger charge is 2.45. The van der Waals surface area contributed by atoms with Gasteiger partial charge in [0, 0.05) is 19.6 Å². The van der Waals surface area contributed by atoms with Crippen LogP contribution in [0.4, 0.5) is 0 Å². The van der Waals surface area contributed by atoms with Crippen LogP contribution in [0.15, 0.2) is 0 Å². The Morgan fingerprint density at radius 3 is 2.33 bits per heavy atom. The second-order valence-corrected chi connectivity index (χ2v) is 10.8. The maximum absolute atomic E-state index is 6.39. The molecule has 4 heteroatoms. The van der Waals surface area contributed by atoms with E-state index in [0.29, 0.717) is 13.2 Å². The Morgan fingerprint density at radius 2 is 2.00 bits per heavy atom. The van der Waals surface area contributed by atoms with Crippen molar-refractivity contribution in [3.8, 4) is 0 Å². The monoisotopic (exact) mass is 231 g/mol. The van der Waals surface area contributed by atoms with Crippen LogP contribution in [0.2, 0.25) is 18.1 Å². The zero-order chi connectivity index (χ0) is 11.7. The van der Waals surface area contributed by atoms with Crippen LogP contribution in [0, 0.1) is 0 Å². The minimum absolute atomic E-state index is 0.205. The predicted molar refractivity (Wildman–Crippen MR) is 65.5 cm³/mol. The molecule has 0 amide bonds. The van der Waals surface area contributed by atoms with Crippen molar-refractivity contribution < 1.29 is 9.16 Å². The smallest absolute Gasteiger partial charge is 0.193 e. The summed E-state index contributed by atoms with van der Waals surface area (Å²) < 4.78 is 11.8. The molecule has 0 aromatic rings. The van der Waals surface area contributed by atoms with Crippen LogP contribution in [0.1, 0.15) is 27.2 Å². The number of ether oxygens (including phenoxy) is 1. The summed E-state index contributed by atoms with van der Waals surface area (Å²) in [5, 5.41) is 0.234. The van der Waals surface area contributed by atoms with E-state index in [1.165, 1.54) is 0 Å². The van der Waals surface area contributed by atoms with Crippen LogP contribution < -0.4 is 5.73 Å². The first-order valence-electron chi connectivity index (χ1n) is 5.70. The molecular weight excluding hydrogens is 206 g/mol. The van der Waals surface area contributed by atoms with Gasteiger partial charge in [0.15, 0.2) is 8.32 Å². The van der Waals surface area contributed by atoms with Gasteiger partial charge in [-0.05, 0) is 18.1 Å². The Morgan fingerprint density at radius 1 is 1.40 bits per heavy atom.